The zero-order chi connectivity index (χ0) is 12.6. The summed E-state index contributed by atoms with van der Waals surface area (Å²) in [6.45, 7) is 3.40. The number of hydrogen-bond donors (Lipinski definition) is 1. The van der Waals surface area contributed by atoms with Crippen molar-refractivity contribution in [2.45, 2.75) is 38.2 Å². The van der Waals surface area contributed by atoms with Crippen molar-refractivity contribution in [2.24, 2.45) is 5.92 Å². The van der Waals surface area contributed by atoms with E-state index in [-0.39, 0.29) is 0 Å². The van der Waals surface area contributed by atoms with Crippen molar-refractivity contribution < 1.29 is 14.6 Å². The van der Waals surface area contributed by atoms with Crippen LogP contribution in [0.3, 0.4) is 0 Å². The number of hydrogen-bond acceptors (Lipinski definition) is 3. The van der Waals surface area contributed by atoms with Crippen molar-refractivity contribution in [3.63, 3.8) is 0 Å². The number of benzene rings is 1. The molecule has 2 unspecified atom stereocenters. The van der Waals surface area contributed by atoms with Gasteiger partial charge >= 0.3 is 0 Å². The Morgan fingerprint density at radius 1 is 1.22 bits per heavy atom. The van der Waals surface area contributed by atoms with Gasteiger partial charge in [0.25, 0.3) is 0 Å². The number of rotatable bonds is 1. The largest absolute Gasteiger partial charge is 0.486 e. The molecular formula is C15H20O3. The predicted molar refractivity (Wildman–Crippen MR) is 69.0 cm³/mol. The van der Waals surface area contributed by atoms with Crippen LogP contribution in [0.2, 0.25) is 0 Å². The number of aliphatic hydroxyl groups is 1. The fraction of sp³-hybridized carbons (Fsp3) is 0.600. The molecule has 0 radical (unpaired) electrons. The molecule has 1 aliphatic carbocycles. The summed E-state index contributed by atoms with van der Waals surface area (Å²) in [4.78, 5) is 0. The highest BCUT2D eigenvalue weighted by atomic mass is 16.6. The fourth-order valence-corrected chi connectivity index (χ4v) is 3.12. The van der Waals surface area contributed by atoms with E-state index in [0.717, 1.165) is 36.3 Å². The molecule has 1 N–H and O–H groups in total. The molecule has 0 aromatic heterocycles. The van der Waals surface area contributed by atoms with Crippen LogP contribution in [-0.2, 0) is 5.60 Å². The normalized spacial score (nSPS) is 31.1. The van der Waals surface area contributed by atoms with Gasteiger partial charge in [-0.25, -0.2) is 0 Å². The van der Waals surface area contributed by atoms with Crippen LogP contribution in [0.1, 0.15) is 38.2 Å². The summed E-state index contributed by atoms with van der Waals surface area (Å²) in [6, 6.07) is 5.85. The van der Waals surface area contributed by atoms with Gasteiger partial charge in [-0.05, 0) is 42.9 Å². The van der Waals surface area contributed by atoms with Gasteiger partial charge in [0.05, 0.1) is 5.60 Å². The smallest absolute Gasteiger partial charge is 0.161 e. The second-order valence-corrected chi connectivity index (χ2v) is 5.59. The summed E-state index contributed by atoms with van der Waals surface area (Å²) < 4.78 is 11.1. The summed E-state index contributed by atoms with van der Waals surface area (Å²) in [5.41, 5.74) is 0.284. The average Bonchev–Trinajstić information content (AvgIpc) is 2.38. The summed E-state index contributed by atoms with van der Waals surface area (Å²) in [5.74, 6) is 2.14. The lowest BCUT2D eigenvalue weighted by atomic mass is 9.75. The van der Waals surface area contributed by atoms with Crippen LogP contribution in [0.4, 0.5) is 0 Å². The van der Waals surface area contributed by atoms with Crippen molar-refractivity contribution in [1.82, 2.24) is 0 Å². The maximum absolute atomic E-state index is 10.8. The Hall–Kier alpha value is -1.22. The second-order valence-electron chi connectivity index (χ2n) is 5.59. The van der Waals surface area contributed by atoms with Crippen LogP contribution < -0.4 is 9.47 Å². The van der Waals surface area contributed by atoms with E-state index in [9.17, 15) is 5.11 Å². The van der Waals surface area contributed by atoms with E-state index in [0.29, 0.717) is 19.1 Å². The molecule has 1 fully saturated rings. The lowest BCUT2D eigenvalue weighted by molar-refractivity contribution is -0.0182. The van der Waals surface area contributed by atoms with Crippen molar-refractivity contribution in [3.8, 4) is 11.5 Å². The first-order valence-electron chi connectivity index (χ1n) is 6.80. The monoisotopic (exact) mass is 248 g/mol. The molecule has 0 bridgehead atoms. The molecule has 1 aromatic rings. The first kappa shape index (κ1) is 11.8. The molecular weight excluding hydrogens is 228 g/mol. The van der Waals surface area contributed by atoms with Crippen LogP contribution in [0.25, 0.3) is 0 Å². The van der Waals surface area contributed by atoms with E-state index in [1.54, 1.807) is 0 Å². The van der Waals surface area contributed by atoms with Crippen LogP contribution in [0, 0.1) is 5.92 Å². The minimum atomic E-state index is -0.687. The molecule has 1 aliphatic heterocycles. The quantitative estimate of drug-likeness (QED) is 0.830. The SMILES string of the molecule is CC1CCCC(O)(c2ccc3c(c2)OCCO3)C1. The van der Waals surface area contributed by atoms with Crippen molar-refractivity contribution in [1.29, 1.82) is 0 Å². The molecule has 98 valence electrons. The van der Waals surface area contributed by atoms with E-state index in [4.69, 9.17) is 9.47 Å². The summed E-state index contributed by atoms with van der Waals surface area (Å²) in [7, 11) is 0. The lowest BCUT2D eigenvalue weighted by Gasteiger charge is -2.36. The first-order chi connectivity index (χ1) is 8.67. The molecule has 0 amide bonds. The molecule has 2 aliphatic rings. The van der Waals surface area contributed by atoms with E-state index in [1.165, 1.54) is 6.42 Å². The zero-order valence-electron chi connectivity index (χ0n) is 10.8. The minimum absolute atomic E-state index is 0.581. The summed E-state index contributed by atoms with van der Waals surface area (Å²) in [6.07, 6.45) is 3.99. The van der Waals surface area contributed by atoms with Crippen molar-refractivity contribution >= 4 is 0 Å². The van der Waals surface area contributed by atoms with Crippen LogP contribution in [-0.4, -0.2) is 18.3 Å². The molecule has 2 atom stereocenters. The van der Waals surface area contributed by atoms with Crippen LogP contribution in [0.5, 0.6) is 11.5 Å². The Labute approximate surface area is 108 Å². The van der Waals surface area contributed by atoms with Gasteiger partial charge in [0.1, 0.15) is 13.2 Å². The van der Waals surface area contributed by atoms with E-state index in [2.05, 4.69) is 6.92 Å². The third-order valence-electron chi connectivity index (χ3n) is 4.05. The maximum atomic E-state index is 10.8. The van der Waals surface area contributed by atoms with Gasteiger partial charge in [0, 0.05) is 0 Å². The number of ether oxygens (including phenoxy) is 2. The van der Waals surface area contributed by atoms with Gasteiger partial charge in [-0.1, -0.05) is 19.4 Å². The van der Waals surface area contributed by atoms with Gasteiger partial charge in [0.15, 0.2) is 11.5 Å². The third kappa shape index (κ3) is 2.07. The molecule has 1 saturated carbocycles. The van der Waals surface area contributed by atoms with Crippen LogP contribution in [0.15, 0.2) is 18.2 Å². The van der Waals surface area contributed by atoms with Gasteiger partial charge in [-0.15, -0.1) is 0 Å². The van der Waals surface area contributed by atoms with E-state index in [1.807, 2.05) is 18.2 Å². The zero-order valence-corrected chi connectivity index (χ0v) is 10.8. The Kier molecular flexibility index (Phi) is 2.94. The highest BCUT2D eigenvalue weighted by Crippen LogP contribution is 2.42. The first-order valence-corrected chi connectivity index (χ1v) is 6.80. The highest BCUT2D eigenvalue weighted by molar-refractivity contribution is 5.45. The fourth-order valence-electron chi connectivity index (χ4n) is 3.12. The molecule has 0 spiro atoms. The van der Waals surface area contributed by atoms with E-state index < -0.39 is 5.60 Å². The van der Waals surface area contributed by atoms with Crippen molar-refractivity contribution in [3.05, 3.63) is 23.8 Å². The van der Waals surface area contributed by atoms with Gasteiger partial charge < -0.3 is 14.6 Å². The summed E-state index contributed by atoms with van der Waals surface area (Å²) >= 11 is 0. The van der Waals surface area contributed by atoms with Gasteiger partial charge in [-0.2, -0.15) is 0 Å². The average molecular weight is 248 g/mol. The number of fused-ring (bicyclic) bond motifs is 1. The van der Waals surface area contributed by atoms with Crippen molar-refractivity contribution in [2.75, 3.05) is 13.2 Å². The molecule has 3 rings (SSSR count). The second kappa shape index (κ2) is 4.47. The third-order valence-corrected chi connectivity index (χ3v) is 4.05. The maximum Gasteiger partial charge on any atom is 0.161 e. The topological polar surface area (TPSA) is 38.7 Å². The minimum Gasteiger partial charge on any atom is -0.486 e. The molecule has 18 heavy (non-hydrogen) atoms. The Balaban J connectivity index is 1.91. The standard InChI is InChI=1S/C15H20O3/c1-11-3-2-6-15(16,10-11)12-4-5-13-14(9-12)18-8-7-17-13/h4-5,9,11,16H,2-3,6-8,10H2,1H3. The Morgan fingerprint density at radius 2 is 2.00 bits per heavy atom. The van der Waals surface area contributed by atoms with Gasteiger partial charge in [-0.3, -0.25) is 0 Å². The Morgan fingerprint density at radius 3 is 2.78 bits per heavy atom. The molecule has 0 saturated heterocycles. The molecule has 1 heterocycles. The molecule has 1 aromatic carbocycles. The summed E-state index contributed by atoms with van der Waals surface area (Å²) in [5, 5.41) is 10.8. The predicted octanol–water partition coefficient (Wildman–Crippen LogP) is 2.86. The lowest BCUT2D eigenvalue weighted by Crippen LogP contribution is -2.32. The van der Waals surface area contributed by atoms with E-state index >= 15 is 0 Å². The van der Waals surface area contributed by atoms with Gasteiger partial charge in [0.2, 0.25) is 0 Å². The highest BCUT2D eigenvalue weighted by Gasteiger charge is 2.35. The molecule has 3 heteroatoms. The van der Waals surface area contributed by atoms with Crippen LogP contribution >= 0.6 is 0 Å². The molecule has 3 nitrogen and oxygen atoms in total. The Bertz CT molecular complexity index is 443.